The fourth-order valence-electron chi connectivity index (χ4n) is 2.52. The van der Waals surface area contributed by atoms with E-state index >= 15 is 0 Å². The van der Waals surface area contributed by atoms with Crippen LogP contribution in [0.4, 0.5) is 11.4 Å². The Kier molecular flexibility index (Phi) is 5.09. The number of hydrogen-bond donors (Lipinski definition) is 2. The molecule has 0 bridgehead atoms. The minimum Gasteiger partial charge on any atom is -0.376 e. The van der Waals surface area contributed by atoms with Crippen LogP contribution in [-0.4, -0.2) is 12.5 Å². The van der Waals surface area contributed by atoms with Crippen molar-refractivity contribution in [3.8, 4) is 0 Å². The van der Waals surface area contributed by atoms with E-state index in [4.69, 9.17) is 11.6 Å². The predicted molar refractivity (Wildman–Crippen MR) is 94.0 cm³/mol. The first-order chi connectivity index (χ1) is 10.3. The minimum absolute atomic E-state index is 0.118. The van der Waals surface area contributed by atoms with Gasteiger partial charge in [0.25, 0.3) is 0 Å². The van der Waals surface area contributed by atoms with Crippen molar-refractivity contribution in [2.75, 3.05) is 17.2 Å². The molecule has 0 heterocycles. The van der Waals surface area contributed by atoms with Gasteiger partial charge in [0.1, 0.15) is 0 Å². The van der Waals surface area contributed by atoms with Crippen LogP contribution in [0.3, 0.4) is 0 Å². The Morgan fingerprint density at radius 1 is 0.955 bits per heavy atom. The van der Waals surface area contributed by atoms with E-state index in [1.54, 1.807) is 0 Å². The van der Waals surface area contributed by atoms with Crippen molar-refractivity contribution < 1.29 is 4.79 Å². The highest BCUT2D eigenvalue weighted by molar-refractivity contribution is 6.34. The molecule has 0 saturated carbocycles. The molecule has 116 valence electrons. The summed E-state index contributed by atoms with van der Waals surface area (Å²) in [4.78, 5) is 12.1. The molecule has 22 heavy (non-hydrogen) atoms. The maximum absolute atomic E-state index is 12.1. The molecule has 0 unspecified atom stereocenters. The number of halogens is 1. The molecule has 0 spiro atoms. The first-order valence-corrected chi connectivity index (χ1v) is 7.61. The maximum atomic E-state index is 12.1. The van der Waals surface area contributed by atoms with Crippen molar-refractivity contribution in [1.82, 2.24) is 0 Å². The molecule has 0 aromatic heterocycles. The number of amides is 1. The minimum atomic E-state index is -0.118. The lowest BCUT2D eigenvalue weighted by Crippen LogP contribution is -2.22. The van der Waals surface area contributed by atoms with Crippen molar-refractivity contribution in [2.45, 2.75) is 27.7 Å². The first kappa shape index (κ1) is 16.4. The van der Waals surface area contributed by atoms with Gasteiger partial charge in [0.15, 0.2) is 0 Å². The Morgan fingerprint density at radius 3 is 2.14 bits per heavy atom. The number of carbonyl (C=O) groups is 1. The standard InChI is InChI=1S/C18H21ClN2O/c1-11-5-12(2)8-15(7-11)20-10-17(22)21-18-14(4)6-13(3)9-16(18)19/h5-9,20H,10H2,1-4H3,(H,21,22). The highest BCUT2D eigenvalue weighted by Crippen LogP contribution is 2.27. The molecule has 2 N–H and O–H groups in total. The van der Waals surface area contributed by atoms with E-state index in [0.717, 1.165) is 16.8 Å². The van der Waals surface area contributed by atoms with E-state index in [1.165, 1.54) is 11.1 Å². The van der Waals surface area contributed by atoms with Crippen molar-refractivity contribution in [3.63, 3.8) is 0 Å². The van der Waals surface area contributed by atoms with Gasteiger partial charge in [-0.1, -0.05) is 23.7 Å². The third-order valence-electron chi connectivity index (χ3n) is 3.37. The Labute approximate surface area is 136 Å². The van der Waals surface area contributed by atoms with E-state index in [9.17, 15) is 4.79 Å². The van der Waals surface area contributed by atoms with Crippen LogP contribution in [0, 0.1) is 27.7 Å². The lowest BCUT2D eigenvalue weighted by atomic mass is 10.1. The zero-order chi connectivity index (χ0) is 16.3. The summed E-state index contributed by atoms with van der Waals surface area (Å²) in [6.45, 7) is 8.19. The van der Waals surface area contributed by atoms with Crippen LogP contribution in [0.25, 0.3) is 0 Å². The summed E-state index contributed by atoms with van der Waals surface area (Å²) < 4.78 is 0. The molecule has 0 radical (unpaired) electrons. The van der Waals surface area contributed by atoms with Crippen molar-refractivity contribution in [1.29, 1.82) is 0 Å². The third kappa shape index (κ3) is 4.25. The van der Waals surface area contributed by atoms with Crippen LogP contribution < -0.4 is 10.6 Å². The van der Waals surface area contributed by atoms with Crippen molar-refractivity contribution >= 4 is 28.9 Å². The molecule has 3 nitrogen and oxygen atoms in total. The van der Waals surface area contributed by atoms with Gasteiger partial charge >= 0.3 is 0 Å². The number of aryl methyl sites for hydroxylation is 4. The highest BCUT2D eigenvalue weighted by Gasteiger charge is 2.09. The molecule has 0 fully saturated rings. The van der Waals surface area contributed by atoms with E-state index in [1.807, 2.05) is 52.0 Å². The molecule has 0 aliphatic rings. The van der Waals surface area contributed by atoms with E-state index < -0.39 is 0 Å². The van der Waals surface area contributed by atoms with Crippen molar-refractivity contribution in [2.24, 2.45) is 0 Å². The number of carbonyl (C=O) groups excluding carboxylic acids is 1. The van der Waals surface area contributed by atoms with Crippen LogP contribution >= 0.6 is 11.6 Å². The number of hydrogen-bond acceptors (Lipinski definition) is 2. The molecular formula is C18H21ClN2O. The second-order valence-corrected chi connectivity index (χ2v) is 6.12. The first-order valence-electron chi connectivity index (χ1n) is 7.24. The molecule has 2 aromatic rings. The zero-order valence-corrected chi connectivity index (χ0v) is 14.1. The SMILES string of the molecule is Cc1cc(C)cc(NCC(=O)Nc2c(C)cc(C)cc2Cl)c1. The Balaban J connectivity index is 2.02. The van der Waals surface area contributed by atoms with E-state index in [-0.39, 0.29) is 12.5 Å². The summed E-state index contributed by atoms with van der Waals surface area (Å²) >= 11 is 6.20. The van der Waals surface area contributed by atoms with Crippen LogP contribution in [-0.2, 0) is 4.79 Å². The number of benzene rings is 2. The van der Waals surface area contributed by atoms with Gasteiger partial charge in [-0.2, -0.15) is 0 Å². The molecule has 0 aliphatic carbocycles. The summed E-state index contributed by atoms with van der Waals surface area (Å²) in [5, 5.41) is 6.58. The molecule has 0 aliphatic heterocycles. The molecule has 0 atom stereocenters. The van der Waals surface area contributed by atoms with Crippen LogP contribution in [0.1, 0.15) is 22.3 Å². The smallest absolute Gasteiger partial charge is 0.243 e. The van der Waals surface area contributed by atoms with E-state index in [2.05, 4.69) is 16.7 Å². The zero-order valence-electron chi connectivity index (χ0n) is 13.4. The molecule has 0 saturated heterocycles. The average molecular weight is 317 g/mol. The lowest BCUT2D eigenvalue weighted by molar-refractivity contribution is -0.114. The Morgan fingerprint density at radius 2 is 1.55 bits per heavy atom. The predicted octanol–water partition coefficient (Wildman–Crippen LogP) is 4.62. The summed E-state index contributed by atoms with van der Waals surface area (Å²) in [6.07, 6.45) is 0. The Hall–Kier alpha value is -2.00. The van der Waals surface area contributed by atoms with Crippen LogP contribution in [0.2, 0.25) is 5.02 Å². The van der Waals surface area contributed by atoms with E-state index in [0.29, 0.717) is 10.7 Å². The molecular weight excluding hydrogens is 296 g/mol. The average Bonchev–Trinajstić information content (AvgIpc) is 2.39. The fourth-order valence-corrected chi connectivity index (χ4v) is 2.89. The second kappa shape index (κ2) is 6.84. The second-order valence-electron chi connectivity index (χ2n) is 5.72. The molecule has 1 amide bonds. The molecule has 2 aromatic carbocycles. The number of nitrogens with one attached hydrogen (secondary N) is 2. The van der Waals surface area contributed by atoms with Crippen molar-refractivity contribution in [3.05, 3.63) is 57.6 Å². The Bertz CT molecular complexity index is 667. The third-order valence-corrected chi connectivity index (χ3v) is 3.67. The van der Waals surface area contributed by atoms with Gasteiger partial charge in [-0.3, -0.25) is 4.79 Å². The number of anilines is 2. The lowest BCUT2D eigenvalue weighted by Gasteiger charge is -2.13. The van der Waals surface area contributed by atoms with Gasteiger partial charge in [0, 0.05) is 5.69 Å². The van der Waals surface area contributed by atoms with Gasteiger partial charge in [-0.15, -0.1) is 0 Å². The largest absolute Gasteiger partial charge is 0.376 e. The summed E-state index contributed by atoms with van der Waals surface area (Å²) in [5.41, 5.74) is 6.00. The summed E-state index contributed by atoms with van der Waals surface area (Å²) in [5.74, 6) is -0.118. The topological polar surface area (TPSA) is 41.1 Å². The quantitative estimate of drug-likeness (QED) is 0.863. The van der Waals surface area contributed by atoms with Gasteiger partial charge in [0.2, 0.25) is 5.91 Å². The maximum Gasteiger partial charge on any atom is 0.243 e. The highest BCUT2D eigenvalue weighted by atomic mass is 35.5. The van der Waals surface area contributed by atoms with Gasteiger partial charge in [-0.25, -0.2) is 0 Å². The van der Waals surface area contributed by atoms with Crippen LogP contribution in [0.5, 0.6) is 0 Å². The van der Waals surface area contributed by atoms with Crippen LogP contribution in [0.15, 0.2) is 30.3 Å². The normalized spacial score (nSPS) is 10.4. The monoisotopic (exact) mass is 316 g/mol. The van der Waals surface area contributed by atoms with Gasteiger partial charge < -0.3 is 10.6 Å². The summed E-state index contributed by atoms with van der Waals surface area (Å²) in [7, 11) is 0. The number of rotatable bonds is 4. The molecule has 4 heteroatoms. The summed E-state index contributed by atoms with van der Waals surface area (Å²) in [6, 6.07) is 9.98. The molecule has 2 rings (SSSR count). The fraction of sp³-hybridized carbons (Fsp3) is 0.278. The van der Waals surface area contributed by atoms with Gasteiger partial charge in [0.05, 0.1) is 17.3 Å². The van der Waals surface area contributed by atoms with Gasteiger partial charge in [-0.05, 0) is 68.1 Å².